The molecule has 0 unspecified atom stereocenters. The fourth-order valence-electron chi connectivity index (χ4n) is 2.88. The number of phenolic OH excluding ortho intramolecular Hbond substituents is 2. The SMILES string of the molecule is COc1c(O)c(F)cc(/C=C2\C/C(=C\c3cc(F)c(O)c(OC)c3F)C2=O)c1F. The molecule has 0 amide bonds. The third-order valence-corrected chi connectivity index (χ3v) is 4.38. The van der Waals surface area contributed by atoms with Gasteiger partial charge in [-0.3, -0.25) is 4.79 Å². The number of ketones is 1. The van der Waals surface area contributed by atoms with Crippen LogP contribution in [0, 0.1) is 23.3 Å². The van der Waals surface area contributed by atoms with E-state index < -0.39 is 52.1 Å². The van der Waals surface area contributed by atoms with E-state index in [2.05, 4.69) is 9.47 Å². The average molecular weight is 410 g/mol. The minimum absolute atomic E-state index is 0.0205. The van der Waals surface area contributed by atoms with E-state index in [0.717, 1.165) is 26.4 Å². The number of hydrogen-bond acceptors (Lipinski definition) is 5. The van der Waals surface area contributed by atoms with Gasteiger partial charge in [-0.1, -0.05) is 0 Å². The van der Waals surface area contributed by atoms with E-state index in [1.165, 1.54) is 0 Å². The summed E-state index contributed by atoms with van der Waals surface area (Å²) < 4.78 is 65.2. The molecular formula is C20H14F4O5. The van der Waals surface area contributed by atoms with Crippen molar-refractivity contribution >= 4 is 17.9 Å². The first-order valence-electron chi connectivity index (χ1n) is 8.15. The van der Waals surface area contributed by atoms with Crippen LogP contribution in [0.15, 0.2) is 23.3 Å². The van der Waals surface area contributed by atoms with Crippen molar-refractivity contribution in [1.29, 1.82) is 0 Å². The minimum atomic E-state index is -1.13. The molecule has 0 radical (unpaired) electrons. The normalized spacial score (nSPS) is 16.3. The first-order valence-corrected chi connectivity index (χ1v) is 8.15. The van der Waals surface area contributed by atoms with Gasteiger partial charge in [0.05, 0.1) is 14.2 Å². The summed E-state index contributed by atoms with van der Waals surface area (Å²) in [6, 6.07) is 1.41. The molecule has 2 N–H and O–H groups in total. The van der Waals surface area contributed by atoms with Gasteiger partial charge < -0.3 is 19.7 Å². The van der Waals surface area contributed by atoms with E-state index in [1.54, 1.807) is 0 Å². The van der Waals surface area contributed by atoms with Crippen LogP contribution in [-0.2, 0) is 4.79 Å². The van der Waals surface area contributed by atoms with E-state index in [1.807, 2.05) is 0 Å². The summed E-state index contributed by atoms with van der Waals surface area (Å²) in [6.45, 7) is 0. The fraction of sp³-hybridized carbons (Fsp3) is 0.150. The number of aromatic hydroxyl groups is 2. The van der Waals surface area contributed by atoms with Gasteiger partial charge in [0, 0.05) is 28.7 Å². The molecule has 2 aromatic rings. The van der Waals surface area contributed by atoms with Crippen molar-refractivity contribution in [3.05, 3.63) is 57.7 Å². The number of rotatable bonds is 4. The van der Waals surface area contributed by atoms with Crippen LogP contribution >= 0.6 is 0 Å². The second-order valence-electron chi connectivity index (χ2n) is 6.13. The number of halogens is 4. The van der Waals surface area contributed by atoms with Crippen LogP contribution in [0.5, 0.6) is 23.0 Å². The molecule has 0 spiro atoms. The van der Waals surface area contributed by atoms with Crippen molar-refractivity contribution in [2.75, 3.05) is 14.2 Å². The summed E-state index contributed by atoms with van der Waals surface area (Å²) in [6.07, 6.45) is 2.14. The predicted octanol–water partition coefficient (Wildman–Crippen LogP) is 4.11. The van der Waals surface area contributed by atoms with Gasteiger partial charge in [-0.15, -0.1) is 0 Å². The Morgan fingerprint density at radius 1 is 0.828 bits per heavy atom. The molecule has 1 saturated carbocycles. The number of benzene rings is 2. The topological polar surface area (TPSA) is 76.0 Å². The van der Waals surface area contributed by atoms with Crippen molar-refractivity contribution < 1.29 is 42.0 Å². The molecule has 0 heterocycles. The highest BCUT2D eigenvalue weighted by molar-refractivity contribution is 6.20. The summed E-state index contributed by atoms with van der Waals surface area (Å²) in [4.78, 5) is 12.3. The standard InChI is InChI=1S/C20H14F4O5/c1-28-19-14(23)8(6-12(21)17(19)26)3-10-5-11(16(10)25)4-9-7-13(22)18(27)20(29-2)15(9)24/h3-4,6-7,26-27H,5H2,1-2H3/b10-3+,11-4+. The number of carbonyl (C=O) groups is 1. The van der Waals surface area contributed by atoms with Crippen LogP contribution in [0.2, 0.25) is 0 Å². The number of Topliss-reactive ketones (excluding diaryl/α,β-unsaturated/α-hetero) is 1. The highest BCUT2D eigenvalue weighted by atomic mass is 19.1. The molecule has 0 aliphatic heterocycles. The Morgan fingerprint density at radius 3 is 1.52 bits per heavy atom. The highest BCUT2D eigenvalue weighted by Gasteiger charge is 2.29. The number of allylic oxidation sites excluding steroid dienone is 2. The Kier molecular flexibility index (Phi) is 5.23. The number of phenols is 2. The molecule has 152 valence electrons. The van der Waals surface area contributed by atoms with Gasteiger partial charge in [-0.05, 0) is 24.3 Å². The fourth-order valence-corrected chi connectivity index (χ4v) is 2.88. The Hall–Kier alpha value is -3.49. The smallest absolute Gasteiger partial charge is 0.200 e. The van der Waals surface area contributed by atoms with E-state index in [4.69, 9.17) is 0 Å². The van der Waals surface area contributed by atoms with E-state index >= 15 is 0 Å². The highest BCUT2D eigenvalue weighted by Crippen LogP contribution is 2.39. The molecule has 0 atom stereocenters. The lowest BCUT2D eigenvalue weighted by atomic mass is 9.82. The first-order chi connectivity index (χ1) is 13.7. The van der Waals surface area contributed by atoms with Gasteiger partial charge >= 0.3 is 0 Å². The molecule has 9 heteroatoms. The van der Waals surface area contributed by atoms with Crippen LogP contribution in [-0.4, -0.2) is 30.2 Å². The second kappa shape index (κ2) is 7.50. The van der Waals surface area contributed by atoms with Gasteiger partial charge in [-0.25, -0.2) is 17.6 Å². The van der Waals surface area contributed by atoms with E-state index in [-0.39, 0.29) is 28.7 Å². The molecular weight excluding hydrogens is 396 g/mol. The Morgan fingerprint density at radius 2 is 1.21 bits per heavy atom. The van der Waals surface area contributed by atoms with Gasteiger partial charge in [0.25, 0.3) is 0 Å². The van der Waals surface area contributed by atoms with Crippen molar-refractivity contribution in [1.82, 2.24) is 0 Å². The zero-order valence-electron chi connectivity index (χ0n) is 15.1. The Bertz CT molecular complexity index is 1010. The van der Waals surface area contributed by atoms with E-state index in [0.29, 0.717) is 12.1 Å². The predicted molar refractivity (Wildman–Crippen MR) is 94.7 cm³/mol. The van der Waals surface area contributed by atoms with Crippen molar-refractivity contribution in [2.45, 2.75) is 6.42 Å². The summed E-state index contributed by atoms with van der Waals surface area (Å²) >= 11 is 0. The molecule has 3 rings (SSSR count). The summed E-state index contributed by atoms with van der Waals surface area (Å²) in [7, 11) is 2.09. The summed E-state index contributed by atoms with van der Waals surface area (Å²) in [5, 5.41) is 18.9. The van der Waals surface area contributed by atoms with Crippen LogP contribution < -0.4 is 9.47 Å². The van der Waals surface area contributed by atoms with Crippen LogP contribution in [0.3, 0.4) is 0 Å². The molecule has 0 bridgehead atoms. The maximum absolute atomic E-state index is 14.3. The lowest BCUT2D eigenvalue weighted by Crippen LogP contribution is -2.19. The number of carbonyl (C=O) groups excluding carboxylic acids is 1. The quantitative estimate of drug-likeness (QED) is 0.586. The lowest BCUT2D eigenvalue weighted by Gasteiger charge is -2.21. The summed E-state index contributed by atoms with van der Waals surface area (Å²) in [5.41, 5.74) is -0.450. The second-order valence-corrected chi connectivity index (χ2v) is 6.13. The Labute approximate surface area is 162 Å². The van der Waals surface area contributed by atoms with E-state index in [9.17, 15) is 32.6 Å². The van der Waals surface area contributed by atoms with Crippen LogP contribution in [0.25, 0.3) is 12.2 Å². The maximum atomic E-state index is 14.3. The van der Waals surface area contributed by atoms with Crippen molar-refractivity contribution in [3.8, 4) is 23.0 Å². The number of ether oxygens (including phenoxy) is 2. The van der Waals surface area contributed by atoms with Gasteiger partial charge in [-0.2, -0.15) is 0 Å². The van der Waals surface area contributed by atoms with Gasteiger partial charge in [0.2, 0.25) is 0 Å². The molecule has 1 aliphatic rings. The van der Waals surface area contributed by atoms with Crippen molar-refractivity contribution in [3.63, 3.8) is 0 Å². The average Bonchev–Trinajstić information content (AvgIpc) is 2.69. The third-order valence-electron chi connectivity index (χ3n) is 4.38. The lowest BCUT2D eigenvalue weighted by molar-refractivity contribution is -0.114. The zero-order chi connectivity index (χ0) is 21.5. The van der Waals surface area contributed by atoms with Gasteiger partial charge in [0.15, 0.2) is 52.1 Å². The van der Waals surface area contributed by atoms with Crippen LogP contribution in [0.4, 0.5) is 17.6 Å². The maximum Gasteiger partial charge on any atom is 0.200 e. The molecule has 0 aromatic heterocycles. The largest absolute Gasteiger partial charge is 0.502 e. The molecule has 29 heavy (non-hydrogen) atoms. The molecule has 1 aliphatic carbocycles. The summed E-state index contributed by atoms with van der Waals surface area (Å²) in [5.74, 6) is -8.35. The monoisotopic (exact) mass is 410 g/mol. The number of hydrogen-bond donors (Lipinski definition) is 2. The molecule has 1 fully saturated rings. The molecule has 5 nitrogen and oxygen atoms in total. The Balaban J connectivity index is 1.94. The number of methoxy groups -OCH3 is 2. The third kappa shape index (κ3) is 3.39. The van der Waals surface area contributed by atoms with Crippen LogP contribution in [0.1, 0.15) is 17.5 Å². The van der Waals surface area contributed by atoms with Crippen molar-refractivity contribution in [2.24, 2.45) is 0 Å². The van der Waals surface area contributed by atoms with Gasteiger partial charge in [0.1, 0.15) is 0 Å². The molecule has 0 saturated heterocycles. The minimum Gasteiger partial charge on any atom is -0.502 e. The zero-order valence-corrected chi connectivity index (χ0v) is 15.1. The first kappa shape index (κ1) is 20.2. The molecule has 2 aromatic carbocycles.